The molecule has 1 aromatic heterocycles. The van der Waals surface area contributed by atoms with E-state index in [-0.39, 0.29) is 0 Å². The zero-order valence-electron chi connectivity index (χ0n) is 9.45. The minimum Gasteiger partial charge on any atom is -0.472 e. The zero-order chi connectivity index (χ0) is 11.1. The van der Waals surface area contributed by atoms with Crippen LogP contribution in [0.15, 0.2) is 30.3 Å². The first-order valence-corrected chi connectivity index (χ1v) is 5.44. The third-order valence-corrected chi connectivity index (χ3v) is 2.91. The number of hydrogen-bond donors (Lipinski definition) is 0. The maximum atomic E-state index is 5.67. The SMILES string of the molecule is Cc1ccc2c(c1)COc1nc(C)ccc1-2. The molecule has 1 aliphatic heterocycles. The Morgan fingerprint density at radius 3 is 2.75 bits per heavy atom. The van der Waals surface area contributed by atoms with Gasteiger partial charge in [-0.1, -0.05) is 23.8 Å². The first-order chi connectivity index (χ1) is 7.74. The van der Waals surface area contributed by atoms with E-state index in [9.17, 15) is 0 Å². The fraction of sp³-hybridized carbons (Fsp3) is 0.214. The van der Waals surface area contributed by atoms with Crippen molar-refractivity contribution >= 4 is 0 Å². The summed E-state index contributed by atoms with van der Waals surface area (Å²) in [5.41, 5.74) is 5.87. The van der Waals surface area contributed by atoms with Gasteiger partial charge >= 0.3 is 0 Å². The molecule has 0 spiro atoms. The van der Waals surface area contributed by atoms with Gasteiger partial charge in [0.15, 0.2) is 0 Å². The standard InChI is InChI=1S/C14H13NO/c1-9-3-5-12-11(7-9)8-16-14-13(12)6-4-10(2)15-14/h3-7H,8H2,1-2H3. The molecule has 1 aliphatic rings. The van der Waals surface area contributed by atoms with E-state index in [1.54, 1.807) is 0 Å². The van der Waals surface area contributed by atoms with Crippen molar-refractivity contribution in [3.8, 4) is 17.0 Å². The quantitative estimate of drug-likeness (QED) is 0.667. The minimum atomic E-state index is 0.625. The number of pyridine rings is 1. The summed E-state index contributed by atoms with van der Waals surface area (Å²) >= 11 is 0. The maximum absolute atomic E-state index is 5.67. The third kappa shape index (κ3) is 1.38. The van der Waals surface area contributed by atoms with E-state index in [4.69, 9.17) is 4.74 Å². The number of fused-ring (bicyclic) bond motifs is 3. The van der Waals surface area contributed by atoms with E-state index in [0.717, 1.165) is 17.1 Å². The van der Waals surface area contributed by atoms with Crippen LogP contribution in [0.4, 0.5) is 0 Å². The van der Waals surface area contributed by atoms with E-state index >= 15 is 0 Å². The molecule has 0 bridgehead atoms. The van der Waals surface area contributed by atoms with Crippen molar-refractivity contribution in [1.82, 2.24) is 4.98 Å². The van der Waals surface area contributed by atoms with Gasteiger partial charge in [-0.2, -0.15) is 0 Å². The van der Waals surface area contributed by atoms with Crippen LogP contribution in [0, 0.1) is 13.8 Å². The molecule has 0 amide bonds. The van der Waals surface area contributed by atoms with Crippen LogP contribution in [0.25, 0.3) is 11.1 Å². The maximum Gasteiger partial charge on any atom is 0.221 e. The highest BCUT2D eigenvalue weighted by atomic mass is 16.5. The number of nitrogens with zero attached hydrogens (tertiary/aromatic N) is 1. The highest BCUT2D eigenvalue weighted by molar-refractivity contribution is 5.73. The third-order valence-electron chi connectivity index (χ3n) is 2.91. The molecule has 2 heteroatoms. The monoisotopic (exact) mass is 211 g/mol. The molecular weight excluding hydrogens is 198 g/mol. The number of aryl methyl sites for hydroxylation is 2. The van der Waals surface area contributed by atoms with Crippen molar-refractivity contribution in [2.75, 3.05) is 0 Å². The predicted octanol–water partition coefficient (Wildman–Crippen LogP) is 3.26. The van der Waals surface area contributed by atoms with Gasteiger partial charge in [-0.25, -0.2) is 4.98 Å². The van der Waals surface area contributed by atoms with Crippen molar-refractivity contribution in [3.63, 3.8) is 0 Å². The Hall–Kier alpha value is -1.83. The van der Waals surface area contributed by atoms with Gasteiger partial charge in [0.1, 0.15) is 6.61 Å². The van der Waals surface area contributed by atoms with Crippen LogP contribution in [0.1, 0.15) is 16.8 Å². The number of rotatable bonds is 0. The molecule has 0 radical (unpaired) electrons. The smallest absolute Gasteiger partial charge is 0.221 e. The Bertz CT molecular complexity index is 509. The highest BCUT2D eigenvalue weighted by Gasteiger charge is 2.17. The van der Waals surface area contributed by atoms with Crippen LogP contribution in [-0.4, -0.2) is 4.98 Å². The van der Waals surface area contributed by atoms with Gasteiger partial charge in [-0.05, 0) is 37.1 Å². The summed E-state index contributed by atoms with van der Waals surface area (Å²) in [5.74, 6) is 0.761. The van der Waals surface area contributed by atoms with Gasteiger partial charge in [0.2, 0.25) is 5.88 Å². The largest absolute Gasteiger partial charge is 0.472 e. The minimum absolute atomic E-state index is 0.625. The van der Waals surface area contributed by atoms with Gasteiger partial charge in [0.05, 0.1) is 0 Å². The van der Waals surface area contributed by atoms with E-state index < -0.39 is 0 Å². The lowest BCUT2D eigenvalue weighted by molar-refractivity contribution is 0.289. The second kappa shape index (κ2) is 3.34. The van der Waals surface area contributed by atoms with Gasteiger partial charge in [-0.3, -0.25) is 0 Å². The summed E-state index contributed by atoms with van der Waals surface area (Å²) in [6.45, 7) is 4.71. The normalized spacial score (nSPS) is 12.6. The van der Waals surface area contributed by atoms with Crippen molar-refractivity contribution in [3.05, 3.63) is 47.2 Å². The zero-order valence-corrected chi connectivity index (χ0v) is 9.45. The van der Waals surface area contributed by atoms with Crippen molar-refractivity contribution < 1.29 is 4.74 Å². The van der Waals surface area contributed by atoms with Crippen LogP contribution in [0.5, 0.6) is 5.88 Å². The van der Waals surface area contributed by atoms with Crippen LogP contribution in [-0.2, 0) is 6.61 Å². The first-order valence-electron chi connectivity index (χ1n) is 5.44. The van der Waals surface area contributed by atoms with Crippen molar-refractivity contribution in [2.45, 2.75) is 20.5 Å². The molecule has 2 heterocycles. The van der Waals surface area contributed by atoms with Crippen molar-refractivity contribution in [1.29, 1.82) is 0 Å². The second-order valence-electron chi connectivity index (χ2n) is 4.25. The van der Waals surface area contributed by atoms with Crippen LogP contribution < -0.4 is 4.74 Å². The molecule has 1 aromatic carbocycles. The first kappa shape index (κ1) is 9.40. The molecular formula is C14H13NO. The second-order valence-corrected chi connectivity index (χ2v) is 4.25. The molecule has 3 rings (SSSR count). The molecule has 80 valence electrons. The summed E-state index contributed by atoms with van der Waals surface area (Å²) in [6.07, 6.45) is 0. The van der Waals surface area contributed by atoms with Crippen molar-refractivity contribution in [2.24, 2.45) is 0 Å². The molecule has 2 aromatic rings. The Kier molecular flexibility index (Phi) is 1.96. The topological polar surface area (TPSA) is 22.1 Å². The van der Waals surface area contributed by atoms with Crippen LogP contribution >= 0.6 is 0 Å². The molecule has 0 saturated heterocycles. The molecule has 2 nitrogen and oxygen atoms in total. The molecule has 16 heavy (non-hydrogen) atoms. The fourth-order valence-electron chi connectivity index (χ4n) is 2.10. The van der Waals surface area contributed by atoms with Crippen LogP contribution in [0.3, 0.4) is 0 Å². The Morgan fingerprint density at radius 1 is 1.06 bits per heavy atom. The Balaban J connectivity index is 2.23. The molecule has 0 atom stereocenters. The molecule has 0 aliphatic carbocycles. The lowest BCUT2D eigenvalue weighted by atomic mass is 9.97. The van der Waals surface area contributed by atoms with Gasteiger partial charge in [-0.15, -0.1) is 0 Å². The fourth-order valence-corrected chi connectivity index (χ4v) is 2.10. The van der Waals surface area contributed by atoms with Crippen LogP contribution in [0.2, 0.25) is 0 Å². The average molecular weight is 211 g/mol. The highest BCUT2D eigenvalue weighted by Crippen LogP contribution is 2.36. The van der Waals surface area contributed by atoms with Gasteiger partial charge in [0.25, 0.3) is 0 Å². The Labute approximate surface area is 94.9 Å². The molecule has 0 N–H and O–H groups in total. The number of benzene rings is 1. The molecule has 0 fully saturated rings. The summed E-state index contributed by atoms with van der Waals surface area (Å²) < 4.78 is 5.67. The van der Waals surface area contributed by atoms with E-state index in [0.29, 0.717) is 6.61 Å². The lowest BCUT2D eigenvalue weighted by Crippen LogP contribution is -2.07. The van der Waals surface area contributed by atoms with E-state index in [2.05, 4.69) is 36.2 Å². The number of hydrogen-bond acceptors (Lipinski definition) is 2. The predicted molar refractivity (Wildman–Crippen MR) is 63.5 cm³/mol. The van der Waals surface area contributed by atoms with E-state index in [1.165, 1.54) is 16.7 Å². The Morgan fingerprint density at radius 2 is 1.88 bits per heavy atom. The molecule has 0 unspecified atom stereocenters. The number of ether oxygens (including phenoxy) is 1. The summed E-state index contributed by atoms with van der Waals surface area (Å²) in [4.78, 5) is 4.41. The van der Waals surface area contributed by atoms with Gasteiger partial charge < -0.3 is 4.74 Å². The molecule has 0 saturated carbocycles. The summed E-state index contributed by atoms with van der Waals surface area (Å²) in [6, 6.07) is 10.6. The lowest BCUT2D eigenvalue weighted by Gasteiger charge is -2.20. The summed E-state index contributed by atoms with van der Waals surface area (Å²) in [5, 5.41) is 0. The summed E-state index contributed by atoms with van der Waals surface area (Å²) in [7, 11) is 0. The average Bonchev–Trinajstić information content (AvgIpc) is 2.28. The number of aromatic nitrogens is 1. The van der Waals surface area contributed by atoms with Gasteiger partial charge in [0, 0.05) is 11.3 Å². The van der Waals surface area contributed by atoms with E-state index in [1.807, 2.05) is 13.0 Å².